The second kappa shape index (κ2) is 6.44. The van der Waals surface area contributed by atoms with Crippen LogP contribution in [0, 0.1) is 0 Å². The van der Waals surface area contributed by atoms with Crippen molar-refractivity contribution in [3.8, 4) is 17.2 Å². The highest BCUT2D eigenvalue weighted by atomic mass is 16.5. The minimum atomic E-state index is -1.11. The van der Waals surface area contributed by atoms with Crippen LogP contribution >= 0.6 is 0 Å². The van der Waals surface area contributed by atoms with Crippen LogP contribution in [-0.4, -0.2) is 44.2 Å². The Bertz CT molecular complexity index is 371. The summed E-state index contributed by atoms with van der Waals surface area (Å²) in [5.74, 6) is 1.25. The lowest BCUT2D eigenvalue weighted by Gasteiger charge is -2.19. The summed E-state index contributed by atoms with van der Waals surface area (Å²) in [4.78, 5) is 0. The van der Waals surface area contributed by atoms with E-state index in [1.165, 1.54) is 21.3 Å². The highest BCUT2D eigenvalue weighted by Gasteiger charge is 2.21. The van der Waals surface area contributed by atoms with E-state index in [4.69, 9.17) is 19.9 Å². The fourth-order valence-electron chi connectivity index (χ4n) is 1.62. The summed E-state index contributed by atoms with van der Waals surface area (Å²) in [7, 11) is 4.45. The molecule has 0 saturated carbocycles. The van der Waals surface area contributed by atoms with Crippen molar-refractivity contribution < 1.29 is 24.4 Å². The van der Waals surface area contributed by atoms with Crippen molar-refractivity contribution in [3.05, 3.63) is 17.7 Å². The molecule has 1 rings (SSSR count). The molecule has 0 aliphatic rings. The summed E-state index contributed by atoms with van der Waals surface area (Å²) in [5.41, 5.74) is 5.76. The van der Waals surface area contributed by atoms with Gasteiger partial charge in [-0.25, -0.2) is 0 Å². The highest BCUT2D eigenvalue weighted by Crippen LogP contribution is 2.40. The van der Waals surface area contributed by atoms with Gasteiger partial charge in [0.25, 0.3) is 0 Å². The number of nitrogens with two attached hydrogens (primary N) is 1. The second-order valence-electron chi connectivity index (χ2n) is 3.71. The third-order valence-corrected chi connectivity index (χ3v) is 2.63. The molecule has 18 heavy (non-hydrogen) atoms. The molecule has 0 spiro atoms. The Balaban J connectivity index is 3.22. The zero-order valence-corrected chi connectivity index (χ0v) is 10.7. The van der Waals surface area contributed by atoms with E-state index in [0.717, 1.165) is 0 Å². The van der Waals surface area contributed by atoms with Gasteiger partial charge in [0, 0.05) is 6.54 Å². The van der Waals surface area contributed by atoms with E-state index in [-0.39, 0.29) is 6.54 Å². The van der Waals surface area contributed by atoms with Gasteiger partial charge in [-0.3, -0.25) is 0 Å². The maximum absolute atomic E-state index is 9.91. The first-order valence-corrected chi connectivity index (χ1v) is 5.45. The van der Waals surface area contributed by atoms with E-state index in [0.29, 0.717) is 22.8 Å². The first kappa shape index (κ1) is 14.6. The standard InChI is InChI=1S/C12H19NO5/c1-16-9-4-7(11(15)8(14)6-13)5-10(17-2)12(9)18-3/h4-5,8,11,14-15H,6,13H2,1-3H3. The molecule has 0 bridgehead atoms. The second-order valence-corrected chi connectivity index (χ2v) is 3.71. The van der Waals surface area contributed by atoms with Crippen molar-refractivity contribution in [2.45, 2.75) is 12.2 Å². The first-order chi connectivity index (χ1) is 8.58. The quantitative estimate of drug-likeness (QED) is 0.667. The predicted octanol–water partition coefficient (Wildman–Crippen LogP) is 0.0654. The number of methoxy groups -OCH3 is 3. The number of aliphatic hydroxyl groups excluding tert-OH is 2. The molecule has 0 radical (unpaired) electrons. The topological polar surface area (TPSA) is 94.2 Å². The molecule has 0 fully saturated rings. The fraction of sp³-hybridized carbons (Fsp3) is 0.500. The van der Waals surface area contributed by atoms with E-state index < -0.39 is 12.2 Å². The highest BCUT2D eigenvalue weighted by molar-refractivity contribution is 5.54. The Morgan fingerprint density at radius 3 is 1.89 bits per heavy atom. The van der Waals surface area contributed by atoms with Crippen LogP contribution in [0.15, 0.2) is 12.1 Å². The van der Waals surface area contributed by atoms with Gasteiger partial charge in [-0.15, -0.1) is 0 Å². The molecule has 2 atom stereocenters. The smallest absolute Gasteiger partial charge is 0.203 e. The minimum absolute atomic E-state index is 0.0438. The lowest BCUT2D eigenvalue weighted by molar-refractivity contribution is 0.0241. The van der Waals surface area contributed by atoms with Gasteiger partial charge in [0.05, 0.1) is 27.4 Å². The predicted molar refractivity (Wildman–Crippen MR) is 66.1 cm³/mol. The van der Waals surface area contributed by atoms with E-state index in [1.54, 1.807) is 12.1 Å². The van der Waals surface area contributed by atoms with E-state index in [2.05, 4.69) is 0 Å². The molecule has 1 aromatic rings. The Morgan fingerprint density at radius 1 is 1.06 bits per heavy atom. The zero-order valence-electron chi connectivity index (χ0n) is 10.7. The summed E-state index contributed by atoms with van der Waals surface area (Å²) in [6, 6.07) is 3.15. The van der Waals surface area contributed by atoms with Gasteiger partial charge in [0.1, 0.15) is 6.10 Å². The molecule has 102 valence electrons. The molecule has 6 heteroatoms. The number of ether oxygens (including phenoxy) is 3. The number of rotatable bonds is 6. The monoisotopic (exact) mass is 257 g/mol. The molecule has 0 heterocycles. The molecule has 2 unspecified atom stereocenters. The molecule has 0 aromatic heterocycles. The van der Waals surface area contributed by atoms with Crippen LogP contribution in [0.2, 0.25) is 0 Å². The summed E-state index contributed by atoms with van der Waals surface area (Å²) in [6.07, 6.45) is -2.16. The van der Waals surface area contributed by atoms with E-state index >= 15 is 0 Å². The number of benzene rings is 1. The van der Waals surface area contributed by atoms with Crippen molar-refractivity contribution in [3.63, 3.8) is 0 Å². The first-order valence-electron chi connectivity index (χ1n) is 5.45. The van der Waals surface area contributed by atoms with Gasteiger partial charge in [-0.05, 0) is 17.7 Å². The Hall–Kier alpha value is -1.50. The molecule has 1 aromatic carbocycles. The van der Waals surface area contributed by atoms with Gasteiger partial charge in [0.15, 0.2) is 11.5 Å². The maximum atomic E-state index is 9.91. The maximum Gasteiger partial charge on any atom is 0.203 e. The van der Waals surface area contributed by atoms with Crippen LogP contribution < -0.4 is 19.9 Å². The van der Waals surface area contributed by atoms with Crippen molar-refractivity contribution >= 4 is 0 Å². The fourth-order valence-corrected chi connectivity index (χ4v) is 1.62. The van der Waals surface area contributed by atoms with Gasteiger partial charge >= 0.3 is 0 Å². The van der Waals surface area contributed by atoms with Gasteiger partial charge in [-0.2, -0.15) is 0 Å². The van der Waals surface area contributed by atoms with Crippen molar-refractivity contribution in [2.24, 2.45) is 5.73 Å². The average molecular weight is 257 g/mol. The third-order valence-electron chi connectivity index (χ3n) is 2.63. The minimum Gasteiger partial charge on any atom is -0.493 e. The number of aliphatic hydroxyl groups is 2. The van der Waals surface area contributed by atoms with Crippen LogP contribution in [0.25, 0.3) is 0 Å². The average Bonchev–Trinajstić information content (AvgIpc) is 2.43. The summed E-state index contributed by atoms with van der Waals surface area (Å²) >= 11 is 0. The van der Waals surface area contributed by atoms with Gasteiger partial charge in [-0.1, -0.05) is 0 Å². The molecule has 6 nitrogen and oxygen atoms in total. The summed E-state index contributed by atoms with van der Waals surface area (Å²) in [5, 5.41) is 19.5. The van der Waals surface area contributed by atoms with Crippen molar-refractivity contribution in [2.75, 3.05) is 27.9 Å². The lowest BCUT2D eigenvalue weighted by atomic mass is 10.0. The third kappa shape index (κ3) is 2.84. The lowest BCUT2D eigenvalue weighted by Crippen LogP contribution is -2.27. The SMILES string of the molecule is COc1cc(C(O)C(O)CN)cc(OC)c1OC. The van der Waals surface area contributed by atoms with E-state index in [9.17, 15) is 10.2 Å². The van der Waals surface area contributed by atoms with Gasteiger partial charge < -0.3 is 30.2 Å². The van der Waals surface area contributed by atoms with Crippen LogP contribution in [0.3, 0.4) is 0 Å². The molecule has 0 aliphatic carbocycles. The van der Waals surface area contributed by atoms with Crippen molar-refractivity contribution in [1.82, 2.24) is 0 Å². The molecule has 0 aliphatic heterocycles. The molecule has 0 saturated heterocycles. The normalized spacial score (nSPS) is 13.9. The molecular weight excluding hydrogens is 238 g/mol. The molecular formula is C12H19NO5. The number of hydrogen-bond donors (Lipinski definition) is 3. The van der Waals surface area contributed by atoms with Crippen LogP contribution in [0.5, 0.6) is 17.2 Å². The van der Waals surface area contributed by atoms with Crippen LogP contribution in [0.1, 0.15) is 11.7 Å². The largest absolute Gasteiger partial charge is 0.493 e. The van der Waals surface area contributed by atoms with E-state index in [1.807, 2.05) is 0 Å². The van der Waals surface area contributed by atoms with Crippen molar-refractivity contribution in [1.29, 1.82) is 0 Å². The van der Waals surface area contributed by atoms with Gasteiger partial charge in [0.2, 0.25) is 5.75 Å². The molecule has 4 N–H and O–H groups in total. The van der Waals surface area contributed by atoms with Crippen LogP contribution in [-0.2, 0) is 0 Å². The van der Waals surface area contributed by atoms with Crippen LogP contribution in [0.4, 0.5) is 0 Å². The Morgan fingerprint density at radius 2 is 1.56 bits per heavy atom. The Kier molecular flexibility index (Phi) is 5.21. The number of hydrogen-bond acceptors (Lipinski definition) is 6. The molecule has 0 amide bonds. The Labute approximate surface area is 106 Å². The summed E-state index contributed by atoms with van der Waals surface area (Å²) < 4.78 is 15.5. The zero-order chi connectivity index (χ0) is 13.7. The summed E-state index contributed by atoms with van der Waals surface area (Å²) in [6.45, 7) is -0.0438.